The van der Waals surface area contributed by atoms with Gasteiger partial charge in [0.2, 0.25) is 10.0 Å². The van der Waals surface area contributed by atoms with Crippen LogP contribution < -0.4 is 14.8 Å². The lowest BCUT2D eigenvalue weighted by Crippen LogP contribution is -2.36. The zero-order valence-corrected chi connectivity index (χ0v) is 15.2. The first-order chi connectivity index (χ1) is 11.4. The highest BCUT2D eigenvalue weighted by molar-refractivity contribution is 7.91. The molecule has 0 fully saturated rings. The standard InChI is InChI=1S/C16H20N2O4S2/c1-12-5-3-6-14(13(12)2)22-11-15(19)17-8-9-18-24(20,21)16-7-4-10-23-16/h3-7,10,18H,8-9,11H2,1-2H3,(H,17,19). The van der Waals surface area contributed by atoms with E-state index in [1.807, 2.05) is 32.0 Å². The van der Waals surface area contributed by atoms with E-state index in [1.54, 1.807) is 11.4 Å². The van der Waals surface area contributed by atoms with Crippen molar-refractivity contribution >= 4 is 27.3 Å². The van der Waals surface area contributed by atoms with Crippen molar-refractivity contribution in [2.45, 2.75) is 18.1 Å². The zero-order chi connectivity index (χ0) is 17.6. The van der Waals surface area contributed by atoms with E-state index in [4.69, 9.17) is 4.74 Å². The van der Waals surface area contributed by atoms with E-state index in [1.165, 1.54) is 6.07 Å². The molecule has 0 aliphatic heterocycles. The van der Waals surface area contributed by atoms with E-state index < -0.39 is 10.0 Å². The van der Waals surface area contributed by atoms with Gasteiger partial charge >= 0.3 is 0 Å². The van der Waals surface area contributed by atoms with Crippen LogP contribution in [0.1, 0.15) is 11.1 Å². The van der Waals surface area contributed by atoms with Crippen molar-refractivity contribution in [1.82, 2.24) is 10.0 Å². The molecule has 0 radical (unpaired) electrons. The van der Waals surface area contributed by atoms with Crippen molar-refractivity contribution < 1.29 is 17.9 Å². The van der Waals surface area contributed by atoms with Crippen LogP contribution in [0.4, 0.5) is 0 Å². The molecule has 2 rings (SSSR count). The van der Waals surface area contributed by atoms with Gasteiger partial charge in [-0.1, -0.05) is 18.2 Å². The van der Waals surface area contributed by atoms with Crippen molar-refractivity contribution in [1.29, 1.82) is 0 Å². The van der Waals surface area contributed by atoms with Gasteiger partial charge in [-0.15, -0.1) is 11.3 Å². The lowest BCUT2D eigenvalue weighted by molar-refractivity contribution is -0.123. The normalized spacial score (nSPS) is 11.2. The molecule has 6 nitrogen and oxygen atoms in total. The Hall–Kier alpha value is -1.90. The molecule has 0 aliphatic carbocycles. The molecule has 0 unspecified atom stereocenters. The second kappa shape index (κ2) is 8.27. The number of carbonyl (C=O) groups is 1. The van der Waals surface area contributed by atoms with Crippen LogP contribution in [-0.4, -0.2) is 34.0 Å². The Morgan fingerprint density at radius 2 is 1.96 bits per heavy atom. The molecule has 0 spiro atoms. The summed E-state index contributed by atoms with van der Waals surface area (Å²) in [7, 11) is -3.49. The summed E-state index contributed by atoms with van der Waals surface area (Å²) < 4.78 is 31.9. The average molecular weight is 368 g/mol. The van der Waals surface area contributed by atoms with Crippen molar-refractivity contribution in [2.24, 2.45) is 0 Å². The van der Waals surface area contributed by atoms with Crippen LogP contribution in [0.2, 0.25) is 0 Å². The Morgan fingerprint density at radius 1 is 1.17 bits per heavy atom. The summed E-state index contributed by atoms with van der Waals surface area (Å²) in [6.45, 7) is 4.11. The number of carbonyl (C=O) groups excluding carboxylic acids is 1. The maximum atomic E-state index is 11.9. The smallest absolute Gasteiger partial charge is 0.257 e. The highest BCUT2D eigenvalue weighted by Gasteiger charge is 2.14. The zero-order valence-electron chi connectivity index (χ0n) is 13.5. The maximum absolute atomic E-state index is 11.9. The number of benzene rings is 1. The summed E-state index contributed by atoms with van der Waals surface area (Å²) in [4.78, 5) is 11.8. The summed E-state index contributed by atoms with van der Waals surface area (Å²) in [5.74, 6) is 0.370. The Labute approximate surface area is 145 Å². The molecule has 2 N–H and O–H groups in total. The van der Waals surface area contributed by atoms with Crippen molar-refractivity contribution in [3.8, 4) is 5.75 Å². The maximum Gasteiger partial charge on any atom is 0.257 e. The van der Waals surface area contributed by atoms with Crippen molar-refractivity contribution in [2.75, 3.05) is 19.7 Å². The van der Waals surface area contributed by atoms with Gasteiger partial charge in [-0.2, -0.15) is 0 Å². The van der Waals surface area contributed by atoms with Crippen LogP contribution in [0.15, 0.2) is 39.9 Å². The van der Waals surface area contributed by atoms with Gasteiger partial charge in [0.1, 0.15) is 9.96 Å². The molecule has 1 amide bonds. The number of sulfonamides is 1. The SMILES string of the molecule is Cc1cccc(OCC(=O)NCCNS(=O)(=O)c2cccs2)c1C. The highest BCUT2D eigenvalue weighted by Crippen LogP contribution is 2.20. The fourth-order valence-corrected chi connectivity index (χ4v) is 4.02. The van der Waals surface area contributed by atoms with Gasteiger partial charge in [0, 0.05) is 13.1 Å². The van der Waals surface area contributed by atoms with Crippen molar-refractivity contribution in [3.05, 3.63) is 46.8 Å². The predicted octanol–water partition coefficient (Wildman–Crippen LogP) is 1.84. The van der Waals surface area contributed by atoms with E-state index in [9.17, 15) is 13.2 Å². The molecule has 8 heteroatoms. The molecule has 0 aliphatic rings. The molecule has 24 heavy (non-hydrogen) atoms. The fourth-order valence-electron chi connectivity index (χ4n) is 1.95. The summed E-state index contributed by atoms with van der Waals surface area (Å²) in [6, 6.07) is 8.86. The first-order valence-corrected chi connectivity index (χ1v) is 9.75. The number of nitrogens with one attached hydrogen (secondary N) is 2. The molecule has 1 aromatic carbocycles. The molecular formula is C16H20N2O4S2. The average Bonchev–Trinajstić information content (AvgIpc) is 3.08. The van der Waals surface area contributed by atoms with Crippen LogP contribution in [-0.2, 0) is 14.8 Å². The number of hydrogen-bond donors (Lipinski definition) is 2. The molecule has 2 aromatic rings. The highest BCUT2D eigenvalue weighted by atomic mass is 32.2. The molecule has 0 bridgehead atoms. The minimum absolute atomic E-state index is 0.109. The first kappa shape index (κ1) is 18.4. The fraction of sp³-hybridized carbons (Fsp3) is 0.312. The van der Waals surface area contributed by atoms with Gasteiger partial charge in [-0.3, -0.25) is 4.79 Å². The molecule has 1 heterocycles. The first-order valence-electron chi connectivity index (χ1n) is 7.39. The quantitative estimate of drug-likeness (QED) is 0.697. The lowest BCUT2D eigenvalue weighted by Gasteiger charge is -2.11. The Morgan fingerprint density at radius 3 is 2.67 bits per heavy atom. The second-order valence-electron chi connectivity index (χ2n) is 5.17. The van der Waals surface area contributed by atoms with Gasteiger partial charge in [0.15, 0.2) is 6.61 Å². The van der Waals surface area contributed by atoms with Gasteiger partial charge in [0.05, 0.1) is 0 Å². The van der Waals surface area contributed by atoms with Crippen LogP contribution in [0.3, 0.4) is 0 Å². The van der Waals surface area contributed by atoms with E-state index in [0.29, 0.717) is 5.75 Å². The number of ether oxygens (including phenoxy) is 1. The molecule has 0 saturated carbocycles. The van der Waals surface area contributed by atoms with Gasteiger partial charge in [0.25, 0.3) is 5.91 Å². The summed E-state index contributed by atoms with van der Waals surface area (Å²) >= 11 is 1.14. The summed E-state index contributed by atoms with van der Waals surface area (Å²) in [5, 5.41) is 4.31. The number of thiophene rings is 1. The van der Waals surface area contributed by atoms with Crippen LogP contribution >= 0.6 is 11.3 Å². The van der Waals surface area contributed by atoms with Crippen LogP contribution in [0.5, 0.6) is 5.75 Å². The van der Waals surface area contributed by atoms with E-state index >= 15 is 0 Å². The van der Waals surface area contributed by atoms with Crippen LogP contribution in [0.25, 0.3) is 0 Å². The van der Waals surface area contributed by atoms with Crippen LogP contribution in [0, 0.1) is 13.8 Å². The Bertz CT molecular complexity index is 786. The summed E-state index contributed by atoms with van der Waals surface area (Å²) in [5.41, 5.74) is 2.09. The van der Waals surface area contributed by atoms with Gasteiger partial charge in [-0.25, -0.2) is 13.1 Å². The lowest BCUT2D eigenvalue weighted by atomic mass is 10.1. The minimum atomic E-state index is -3.49. The molecule has 0 atom stereocenters. The monoisotopic (exact) mass is 368 g/mol. The third-order valence-corrected chi connectivity index (χ3v) is 6.27. The molecular weight excluding hydrogens is 348 g/mol. The van der Waals surface area contributed by atoms with Crippen molar-refractivity contribution in [3.63, 3.8) is 0 Å². The largest absolute Gasteiger partial charge is 0.483 e. The number of rotatable bonds is 8. The second-order valence-corrected chi connectivity index (χ2v) is 8.11. The third-order valence-electron chi connectivity index (χ3n) is 3.41. The molecule has 0 saturated heterocycles. The Kier molecular flexibility index (Phi) is 6.36. The van der Waals surface area contributed by atoms with Gasteiger partial charge < -0.3 is 10.1 Å². The van der Waals surface area contributed by atoms with E-state index in [2.05, 4.69) is 10.0 Å². The minimum Gasteiger partial charge on any atom is -0.483 e. The van der Waals surface area contributed by atoms with E-state index in [0.717, 1.165) is 22.5 Å². The summed E-state index contributed by atoms with van der Waals surface area (Å²) in [6.07, 6.45) is 0. The number of amides is 1. The topological polar surface area (TPSA) is 84.5 Å². The predicted molar refractivity (Wildman–Crippen MR) is 93.9 cm³/mol. The molecule has 130 valence electrons. The number of aryl methyl sites for hydroxylation is 1. The third kappa shape index (κ3) is 5.05. The van der Waals surface area contributed by atoms with Gasteiger partial charge in [-0.05, 0) is 42.5 Å². The molecule has 1 aromatic heterocycles. The van der Waals surface area contributed by atoms with E-state index in [-0.39, 0.29) is 29.8 Å². The Balaban J connectivity index is 1.71. The number of hydrogen-bond acceptors (Lipinski definition) is 5.